The number of fused-ring (bicyclic) bond motifs is 1. The van der Waals surface area contributed by atoms with Gasteiger partial charge in [0.15, 0.2) is 17.0 Å². The maximum atomic E-state index is 12.5. The second-order valence-corrected chi connectivity index (χ2v) is 7.65. The number of rotatable bonds is 5. The predicted molar refractivity (Wildman–Crippen MR) is 101 cm³/mol. The van der Waals surface area contributed by atoms with Crippen molar-refractivity contribution in [3.63, 3.8) is 0 Å². The molecule has 0 bridgehead atoms. The summed E-state index contributed by atoms with van der Waals surface area (Å²) in [5, 5.41) is 7.42. The zero-order valence-corrected chi connectivity index (χ0v) is 16.4. The summed E-state index contributed by atoms with van der Waals surface area (Å²) in [5.74, 6) is 1.07. The Balaban J connectivity index is 1.53. The van der Waals surface area contributed by atoms with Gasteiger partial charge in [0.2, 0.25) is 5.89 Å². The lowest BCUT2D eigenvalue weighted by Gasteiger charge is -2.37. The summed E-state index contributed by atoms with van der Waals surface area (Å²) in [4.78, 5) is 33.2. The smallest absolute Gasteiger partial charge is 0.332 e. The average Bonchev–Trinajstić information content (AvgIpc) is 3.31. The number of imidazole rings is 1. The van der Waals surface area contributed by atoms with Crippen LogP contribution in [0.2, 0.25) is 0 Å². The van der Waals surface area contributed by atoms with Crippen LogP contribution in [0.15, 0.2) is 20.4 Å². The molecule has 0 saturated carbocycles. The number of aryl methyl sites for hydroxylation is 1. The molecule has 1 aliphatic rings. The summed E-state index contributed by atoms with van der Waals surface area (Å²) in [7, 11) is 5.29. The van der Waals surface area contributed by atoms with E-state index in [0.29, 0.717) is 29.3 Å². The molecule has 11 heteroatoms. The monoisotopic (exact) mass is 389 g/mol. The Labute approximate surface area is 160 Å². The Hall–Kier alpha value is -2.79. The van der Waals surface area contributed by atoms with Gasteiger partial charge in [0.1, 0.15) is 0 Å². The number of nitrogens with zero attached hydrogens (tertiary/aromatic N) is 7. The number of nitrogens with one attached hydrogen (secondary N) is 1. The van der Waals surface area contributed by atoms with Gasteiger partial charge < -0.3 is 18.9 Å². The van der Waals surface area contributed by atoms with Crippen LogP contribution in [-0.4, -0.2) is 73.1 Å². The molecule has 0 aliphatic carbocycles. The van der Waals surface area contributed by atoms with Crippen molar-refractivity contribution >= 4 is 11.2 Å². The second kappa shape index (κ2) is 6.99. The normalized spacial score (nSPS) is 16.7. The minimum absolute atomic E-state index is 0.253. The van der Waals surface area contributed by atoms with Gasteiger partial charge >= 0.3 is 5.69 Å². The van der Waals surface area contributed by atoms with Crippen molar-refractivity contribution in [1.29, 1.82) is 0 Å². The van der Waals surface area contributed by atoms with E-state index in [1.54, 1.807) is 11.6 Å². The highest BCUT2D eigenvalue weighted by Gasteiger charge is 2.25. The molecule has 3 aromatic rings. The van der Waals surface area contributed by atoms with Crippen LogP contribution >= 0.6 is 0 Å². The molecule has 3 aromatic heterocycles. The molecule has 1 saturated heterocycles. The number of aromatic nitrogens is 6. The third-order valence-corrected chi connectivity index (χ3v) is 5.56. The van der Waals surface area contributed by atoms with Crippen LogP contribution in [0.4, 0.5) is 0 Å². The molecule has 4 heterocycles. The first kappa shape index (κ1) is 18.6. The topological polar surface area (TPSA) is 113 Å². The molecule has 0 radical (unpaired) electrons. The molecular weight excluding hydrogens is 364 g/mol. The van der Waals surface area contributed by atoms with Crippen molar-refractivity contribution in [3.05, 3.63) is 38.9 Å². The molecule has 28 heavy (non-hydrogen) atoms. The summed E-state index contributed by atoms with van der Waals surface area (Å²) in [6.07, 6.45) is 2.24. The minimum atomic E-state index is -0.408. The third-order valence-electron chi connectivity index (χ3n) is 5.56. The van der Waals surface area contributed by atoms with Crippen LogP contribution < -0.4 is 16.6 Å². The average molecular weight is 389 g/mol. The Kier molecular flexibility index (Phi) is 4.63. The van der Waals surface area contributed by atoms with Gasteiger partial charge in [-0.2, -0.15) is 4.98 Å². The SMILES string of the molecule is Cn1c(=O)c2c(ncn2Cc2noc(CC[N+]3(C)CCNCC3)n2)n(C)c1=O. The van der Waals surface area contributed by atoms with Crippen LogP contribution in [0, 0.1) is 0 Å². The minimum Gasteiger partial charge on any atom is -0.339 e. The van der Waals surface area contributed by atoms with E-state index < -0.39 is 11.2 Å². The molecule has 150 valence electrons. The Bertz CT molecular complexity index is 1120. The first-order valence-electron chi connectivity index (χ1n) is 9.34. The van der Waals surface area contributed by atoms with Gasteiger partial charge in [-0.05, 0) is 0 Å². The maximum Gasteiger partial charge on any atom is 0.332 e. The lowest BCUT2D eigenvalue weighted by Crippen LogP contribution is -2.56. The first-order chi connectivity index (χ1) is 13.4. The molecule has 11 nitrogen and oxygen atoms in total. The summed E-state index contributed by atoms with van der Waals surface area (Å²) in [6, 6.07) is 0. The van der Waals surface area contributed by atoms with Gasteiger partial charge in [0.25, 0.3) is 5.56 Å². The van der Waals surface area contributed by atoms with E-state index in [2.05, 4.69) is 27.5 Å². The highest BCUT2D eigenvalue weighted by atomic mass is 16.5. The van der Waals surface area contributed by atoms with Crippen LogP contribution in [0.1, 0.15) is 11.7 Å². The predicted octanol–water partition coefficient (Wildman–Crippen LogP) is -1.54. The van der Waals surface area contributed by atoms with Crippen LogP contribution in [0.3, 0.4) is 0 Å². The quantitative estimate of drug-likeness (QED) is 0.526. The van der Waals surface area contributed by atoms with Crippen molar-refractivity contribution in [2.24, 2.45) is 14.1 Å². The number of likely N-dealkylation sites (N-methyl/N-ethyl adjacent to an activating group) is 1. The van der Waals surface area contributed by atoms with Gasteiger partial charge in [-0.25, -0.2) is 9.78 Å². The van der Waals surface area contributed by atoms with E-state index in [9.17, 15) is 9.59 Å². The van der Waals surface area contributed by atoms with Crippen LogP contribution in [0.25, 0.3) is 11.2 Å². The zero-order chi connectivity index (χ0) is 19.9. The molecule has 0 spiro atoms. The maximum absolute atomic E-state index is 12.5. The van der Waals surface area contributed by atoms with Crippen molar-refractivity contribution in [2.45, 2.75) is 13.0 Å². The summed E-state index contributed by atoms with van der Waals surface area (Å²) in [6.45, 7) is 5.42. The van der Waals surface area contributed by atoms with Crippen molar-refractivity contribution in [2.75, 3.05) is 39.8 Å². The lowest BCUT2D eigenvalue weighted by atomic mass is 10.2. The summed E-state index contributed by atoms with van der Waals surface area (Å²) >= 11 is 0. The molecule has 1 fully saturated rings. The van der Waals surface area contributed by atoms with E-state index in [4.69, 9.17) is 4.52 Å². The van der Waals surface area contributed by atoms with E-state index in [1.165, 1.54) is 17.9 Å². The Morgan fingerprint density at radius 1 is 1.21 bits per heavy atom. The Morgan fingerprint density at radius 2 is 1.96 bits per heavy atom. The van der Waals surface area contributed by atoms with E-state index in [1.807, 2.05) is 0 Å². The number of hydrogen-bond donors (Lipinski definition) is 1. The first-order valence-corrected chi connectivity index (χ1v) is 9.34. The van der Waals surface area contributed by atoms with Gasteiger partial charge in [-0.3, -0.25) is 13.9 Å². The van der Waals surface area contributed by atoms with E-state index in [0.717, 1.165) is 41.8 Å². The fourth-order valence-corrected chi connectivity index (χ4v) is 3.65. The summed E-state index contributed by atoms with van der Waals surface area (Å²) < 4.78 is 10.5. The molecule has 0 amide bonds. The highest BCUT2D eigenvalue weighted by molar-refractivity contribution is 5.70. The number of quaternary nitrogens is 1. The van der Waals surface area contributed by atoms with Crippen LogP contribution in [-0.2, 0) is 27.1 Å². The molecule has 0 unspecified atom stereocenters. The largest absolute Gasteiger partial charge is 0.339 e. The highest BCUT2D eigenvalue weighted by Crippen LogP contribution is 2.10. The fourth-order valence-electron chi connectivity index (χ4n) is 3.65. The van der Waals surface area contributed by atoms with Crippen molar-refractivity contribution in [1.82, 2.24) is 34.1 Å². The third kappa shape index (κ3) is 3.27. The van der Waals surface area contributed by atoms with Gasteiger partial charge in [0, 0.05) is 27.2 Å². The Morgan fingerprint density at radius 3 is 2.71 bits per heavy atom. The molecule has 0 aromatic carbocycles. The van der Waals surface area contributed by atoms with Gasteiger partial charge in [0.05, 0.1) is 46.0 Å². The number of hydrogen-bond acceptors (Lipinski definition) is 7. The molecule has 1 N–H and O–H groups in total. The second-order valence-electron chi connectivity index (χ2n) is 7.65. The molecule has 4 rings (SSSR count). The fraction of sp³-hybridized carbons (Fsp3) is 0.588. The van der Waals surface area contributed by atoms with E-state index in [-0.39, 0.29) is 6.54 Å². The standard InChI is InChI=1S/C17H25N8O3/c1-22-15-14(16(26)23(2)17(22)27)24(11-19-15)10-12-20-13(28-21-12)4-7-25(3)8-5-18-6-9-25/h11,18H,4-10H2,1-3H3/q+1. The van der Waals surface area contributed by atoms with Crippen molar-refractivity contribution in [3.8, 4) is 0 Å². The lowest BCUT2D eigenvalue weighted by molar-refractivity contribution is -0.911. The molecular formula is C17H25N8O3+. The molecule has 0 atom stereocenters. The zero-order valence-electron chi connectivity index (χ0n) is 16.4. The number of piperazine rings is 1. The van der Waals surface area contributed by atoms with Gasteiger partial charge in [-0.1, -0.05) is 5.16 Å². The van der Waals surface area contributed by atoms with Crippen LogP contribution in [0.5, 0.6) is 0 Å². The van der Waals surface area contributed by atoms with Crippen molar-refractivity contribution < 1.29 is 9.01 Å². The molecule has 1 aliphatic heterocycles. The van der Waals surface area contributed by atoms with E-state index >= 15 is 0 Å². The van der Waals surface area contributed by atoms with Gasteiger partial charge in [-0.15, -0.1) is 0 Å². The summed E-state index contributed by atoms with van der Waals surface area (Å²) in [5.41, 5.74) is -0.118.